The van der Waals surface area contributed by atoms with Gasteiger partial charge < -0.3 is 9.84 Å². The van der Waals surface area contributed by atoms with Crippen LogP contribution in [-0.4, -0.2) is 28.1 Å². The molecule has 0 saturated carbocycles. The highest BCUT2D eigenvalue weighted by molar-refractivity contribution is 9.10. The molecular weight excluding hydrogens is 386 g/mol. The molecule has 3 rings (SSSR count). The number of benzene rings is 2. The number of phenols is 1. The lowest BCUT2D eigenvalue weighted by Crippen LogP contribution is -2.22. The van der Waals surface area contributed by atoms with E-state index in [0.717, 1.165) is 4.47 Å². The summed E-state index contributed by atoms with van der Waals surface area (Å²) in [4.78, 5) is 17.3. The Hall–Kier alpha value is -2.67. The Morgan fingerprint density at radius 1 is 1.32 bits per heavy atom. The van der Waals surface area contributed by atoms with E-state index in [9.17, 15) is 9.90 Å². The van der Waals surface area contributed by atoms with E-state index < -0.39 is 0 Å². The number of ether oxygens (including phenoxy) is 1. The van der Waals surface area contributed by atoms with Crippen LogP contribution in [0.15, 0.2) is 50.8 Å². The minimum Gasteiger partial charge on any atom is -0.504 e. The fourth-order valence-corrected chi connectivity index (χ4v) is 2.80. The molecule has 1 N–H and O–H groups in total. The molecule has 3 aromatic rings. The molecule has 25 heavy (non-hydrogen) atoms. The van der Waals surface area contributed by atoms with Crippen LogP contribution in [0, 0.1) is 0 Å². The van der Waals surface area contributed by atoms with Gasteiger partial charge in [0.05, 0.1) is 24.2 Å². The third-order valence-corrected chi connectivity index (χ3v) is 4.21. The minimum absolute atomic E-state index is 0.0447. The van der Waals surface area contributed by atoms with Gasteiger partial charge in [0.2, 0.25) is 0 Å². The SMILES string of the molecule is CCc1nc2ccc(Br)cc2c(=O)n1N=Cc1ccc(O)c(OC)c1. The first-order valence-electron chi connectivity index (χ1n) is 7.66. The number of rotatable bonds is 4. The first kappa shape index (κ1) is 17.2. The highest BCUT2D eigenvalue weighted by Gasteiger charge is 2.09. The number of nitrogens with zero attached hydrogens (tertiary/aromatic N) is 3. The smallest absolute Gasteiger partial charge is 0.282 e. The highest BCUT2D eigenvalue weighted by atomic mass is 79.9. The van der Waals surface area contributed by atoms with Crippen molar-refractivity contribution in [2.24, 2.45) is 5.10 Å². The van der Waals surface area contributed by atoms with Crippen molar-refractivity contribution in [2.75, 3.05) is 7.11 Å². The summed E-state index contributed by atoms with van der Waals surface area (Å²) < 4.78 is 7.19. The lowest BCUT2D eigenvalue weighted by atomic mass is 10.2. The summed E-state index contributed by atoms with van der Waals surface area (Å²) in [5, 5.41) is 14.4. The summed E-state index contributed by atoms with van der Waals surface area (Å²) in [6, 6.07) is 10.2. The first-order valence-corrected chi connectivity index (χ1v) is 8.45. The summed E-state index contributed by atoms with van der Waals surface area (Å²) in [6.07, 6.45) is 2.10. The minimum atomic E-state index is -0.231. The van der Waals surface area contributed by atoms with Crippen LogP contribution in [-0.2, 0) is 6.42 Å². The third-order valence-electron chi connectivity index (χ3n) is 3.72. The molecule has 1 heterocycles. The number of aromatic hydroxyl groups is 1. The summed E-state index contributed by atoms with van der Waals surface area (Å²) in [6.45, 7) is 1.92. The quantitative estimate of drug-likeness (QED) is 0.680. The Balaban J connectivity index is 2.11. The van der Waals surface area contributed by atoms with Gasteiger partial charge in [0.25, 0.3) is 5.56 Å². The topological polar surface area (TPSA) is 76.7 Å². The number of methoxy groups -OCH3 is 1. The molecule has 128 valence electrons. The average Bonchev–Trinajstić information content (AvgIpc) is 2.62. The Bertz CT molecular complexity index is 1030. The molecule has 7 heteroatoms. The second-order valence-electron chi connectivity index (χ2n) is 5.34. The molecule has 0 radical (unpaired) electrons. The summed E-state index contributed by atoms with van der Waals surface area (Å²) in [5.41, 5.74) is 1.10. The number of phenolic OH excluding ortho intramolecular Hbond substituents is 1. The van der Waals surface area contributed by atoms with Crippen LogP contribution >= 0.6 is 15.9 Å². The summed E-state index contributed by atoms with van der Waals surface area (Å²) in [7, 11) is 1.47. The number of hydrogen-bond donors (Lipinski definition) is 1. The maximum atomic E-state index is 12.8. The van der Waals surface area contributed by atoms with Crippen molar-refractivity contribution in [1.29, 1.82) is 0 Å². The van der Waals surface area contributed by atoms with Crippen molar-refractivity contribution in [3.63, 3.8) is 0 Å². The van der Waals surface area contributed by atoms with Crippen molar-refractivity contribution < 1.29 is 9.84 Å². The molecule has 2 aromatic carbocycles. The zero-order chi connectivity index (χ0) is 18.0. The molecule has 0 amide bonds. The van der Waals surface area contributed by atoms with Crippen LogP contribution in [0.2, 0.25) is 0 Å². The Labute approximate surface area is 152 Å². The maximum absolute atomic E-state index is 12.8. The van der Waals surface area contributed by atoms with E-state index in [1.807, 2.05) is 13.0 Å². The second kappa shape index (κ2) is 7.06. The van der Waals surface area contributed by atoms with Crippen molar-refractivity contribution >= 4 is 33.0 Å². The van der Waals surface area contributed by atoms with E-state index in [0.29, 0.717) is 34.5 Å². The Morgan fingerprint density at radius 3 is 2.84 bits per heavy atom. The van der Waals surface area contributed by atoms with Gasteiger partial charge >= 0.3 is 0 Å². The first-order chi connectivity index (χ1) is 12.0. The number of hydrogen-bond acceptors (Lipinski definition) is 5. The molecule has 0 aliphatic heterocycles. The van der Waals surface area contributed by atoms with Crippen molar-refractivity contribution in [3.8, 4) is 11.5 Å². The monoisotopic (exact) mass is 401 g/mol. The second-order valence-corrected chi connectivity index (χ2v) is 6.25. The largest absolute Gasteiger partial charge is 0.504 e. The van der Waals surface area contributed by atoms with E-state index in [-0.39, 0.29) is 11.3 Å². The number of aromatic nitrogens is 2. The van der Waals surface area contributed by atoms with Crippen LogP contribution in [0.25, 0.3) is 10.9 Å². The normalized spacial score (nSPS) is 11.3. The lowest BCUT2D eigenvalue weighted by molar-refractivity contribution is 0.373. The van der Waals surface area contributed by atoms with E-state index in [1.54, 1.807) is 24.3 Å². The number of halogens is 1. The van der Waals surface area contributed by atoms with Crippen molar-refractivity contribution in [2.45, 2.75) is 13.3 Å². The van der Waals surface area contributed by atoms with Gasteiger partial charge in [-0.3, -0.25) is 4.79 Å². The van der Waals surface area contributed by atoms with Gasteiger partial charge in [-0.2, -0.15) is 9.78 Å². The molecule has 6 nitrogen and oxygen atoms in total. The van der Waals surface area contributed by atoms with E-state index in [2.05, 4.69) is 26.0 Å². The lowest BCUT2D eigenvalue weighted by Gasteiger charge is -2.08. The highest BCUT2D eigenvalue weighted by Crippen LogP contribution is 2.25. The van der Waals surface area contributed by atoms with Gasteiger partial charge in [-0.1, -0.05) is 22.9 Å². The maximum Gasteiger partial charge on any atom is 0.282 e. The Morgan fingerprint density at radius 2 is 2.12 bits per heavy atom. The van der Waals surface area contributed by atoms with Crippen LogP contribution < -0.4 is 10.3 Å². The molecule has 0 fully saturated rings. The van der Waals surface area contributed by atoms with Gasteiger partial charge in [0.15, 0.2) is 11.5 Å². The van der Waals surface area contributed by atoms with Gasteiger partial charge in [0, 0.05) is 10.9 Å². The van der Waals surface area contributed by atoms with Gasteiger partial charge in [-0.15, -0.1) is 0 Å². The molecule has 0 aliphatic carbocycles. The standard InChI is InChI=1S/C18H16BrN3O3/c1-3-17-21-14-6-5-12(19)9-13(14)18(24)22(17)20-10-11-4-7-15(23)16(8-11)25-2/h4-10,23H,3H2,1-2H3. The molecule has 0 bridgehead atoms. The van der Waals surface area contributed by atoms with Crippen LogP contribution in [0.1, 0.15) is 18.3 Å². The van der Waals surface area contributed by atoms with Crippen molar-refractivity contribution in [1.82, 2.24) is 9.66 Å². The van der Waals surface area contributed by atoms with Crippen LogP contribution in [0.4, 0.5) is 0 Å². The predicted molar refractivity (Wildman–Crippen MR) is 101 cm³/mol. The van der Waals surface area contributed by atoms with E-state index in [1.165, 1.54) is 24.1 Å². The van der Waals surface area contributed by atoms with Crippen LogP contribution in [0.5, 0.6) is 11.5 Å². The number of fused-ring (bicyclic) bond motifs is 1. The van der Waals surface area contributed by atoms with E-state index in [4.69, 9.17) is 4.74 Å². The molecular formula is C18H16BrN3O3. The number of aryl methyl sites for hydroxylation is 1. The van der Waals surface area contributed by atoms with Gasteiger partial charge in [-0.25, -0.2) is 4.98 Å². The Kier molecular flexibility index (Phi) is 4.85. The van der Waals surface area contributed by atoms with Gasteiger partial charge in [0.1, 0.15) is 5.82 Å². The summed E-state index contributed by atoms with van der Waals surface area (Å²) >= 11 is 3.37. The molecule has 1 aromatic heterocycles. The summed E-state index contributed by atoms with van der Waals surface area (Å²) in [5.74, 6) is 0.956. The average molecular weight is 402 g/mol. The fourth-order valence-electron chi connectivity index (χ4n) is 2.44. The predicted octanol–water partition coefficient (Wildman–Crippen LogP) is 3.32. The molecule has 0 aliphatic rings. The fraction of sp³-hybridized carbons (Fsp3) is 0.167. The zero-order valence-electron chi connectivity index (χ0n) is 13.7. The third kappa shape index (κ3) is 3.41. The van der Waals surface area contributed by atoms with Crippen LogP contribution in [0.3, 0.4) is 0 Å². The van der Waals surface area contributed by atoms with Crippen molar-refractivity contribution in [3.05, 3.63) is 62.6 Å². The van der Waals surface area contributed by atoms with Gasteiger partial charge in [-0.05, 0) is 42.0 Å². The molecule has 0 atom stereocenters. The molecule has 0 saturated heterocycles. The molecule has 0 unspecified atom stereocenters. The zero-order valence-corrected chi connectivity index (χ0v) is 15.3. The molecule has 0 spiro atoms. The van der Waals surface area contributed by atoms with E-state index >= 15 is 0 Å².